The Balaban J connectivity index is 1.23. The Hall–Kier alpha value is -2.04. The summed E-state index contributed by atoms with van der Waals surface area (Å²) in [5, 5.41) is 19.4. The van der Waals surface area contributed by atoms with E-state index in [0.29, 0.717) is 59.5 Å². The highest BCUT2D eigenvalue weighted by Gasteiger charge is 2.39. The van der Waals surface area contributed by atoms with Gasteiger partial charge in [-0.3, -0.25) is 4.90 Å². The molecular weight excluding hydrogens is 482 g/mol. The zero-order valence-corrected chi connectivity index (χ0v) is 19.9. The number of nitrogens with zero attached hydrogens (tertiary/aromatic N) is 5. The minimum absolute atomic E-state index is 0.149. The molecule has 180 valence electrons. The van der Waals surface area contributed by atoms with Crippen LogP contribution in [-0.4, -0.2) is 74.4 Å². The van der Waals surface area contributed by atoms with Crippen LogP contribution in [0.2, 0.25) is 10.2 Å². The second-order valence-corrected chi connectivity index (χ2v) is 10.1. The fourth-order valence-corrected chi connectivity index (χ4v) is 5.59. The molecule has 4 heterocycles. The number of hydrogen-bond acceptors (Lipinski definition) is 7. The summed E-state index contributed by atoms with van der Waals surface area (Å²) < 4.78 is 22.5. The van der Waals surface area contributed by atoms with E-state index >= 15 is 4.39 Å². The van der Waals surface area contributed by atoms with Crippen molar-refractivity contribution in [2.45, 2.75) is 49.5 Å². The first-order valence-electron chi connectivity index (χ1n) is 11.6. The van der Waals surface area contributed by atoms with Crippen LogP contribution >= 0.6 is 23.2 Å². The second-order valence-electron chi connectivity index (χ2n) is 9.35. The molecule has 1 aliphatic carbocycles. The van der Waals surface area contributed by atoms with Crippen LogP contribution in [0.3, 0.4) is 0 Å². The van der Waals surface area contributed by atoms with Crippen LogP contribution in [0.25, 0.3) is 10.9 Å². The number of ether oxygens (including phenoxy) is 1. The van der Waals surface area contributed by atoms with E-state index in [2.05, 4.69) is 20.4 Å². The number of fused-ring (bicyclic) bond motifs is 1. The van der Waals surface area contributed by atoms with Crippen molar-refractivity contribution in [3.8, 4) is 0 Å². The standard InChI is InChI=1S/C23H25Cl2FN6O2/c24-16-5-12-7-27-23(30-19-8-28-32(22(19)25)13-1-2-13)29-18(12)6-15(16)14-3-4-31(9-17(14)26)20-10-34-11-21(20)33/h5-8,13-14,17,20-21,33H,1-4,9-11H2,(H,27,29,30)/t14-,17+,20?,21+/m0/s1. The SMILES string of the molecule is O[C@@H]1COCC1N1CC[C@@H](c2cc3nc(Nc4cnn(C5CC5)c4Cl)ncc3cc2Cl)[C@H](F)C1. The van der Waals surface area contributed by atoms with Crippen LogP contribution in [0.15, 0.2) is 24.5 Å². The lowest BCUT2D eigenvalue weighted by molar-refractivity contribution is 0.0353. The Morgan fingerprint density at radius 1 is 1.15 bits per heavy atom. The average Bonchev–Trinajstić information content (AvgIpc) is 3.47. The van der Waals surface area contributed by atoms with E-state index in [1.807, 2.05) is 15.6 Å². The lowest BCUT2D eigenvalue weighted by atomic mass is 9.86. The predicted octanol–water partition coefficient (Wildman–Crippen LogP) is 4.10. The van der Waals surface area contributed by atoms with Crippen molar-refractivity contribution in [1.29, 1.82) is 0 Å². The number of piperidine rings is 1. The summed E-state index contributed by atoms with van der Waals surface area (Å²) >= 11 is 13.0. The van der Waals surface area contributed by atoms with Gasteiger partial charge in [-0.2, -0.15) is 5.10 Å². The maximum atomic E-state index is 15.3. The highest BCUT2D eigenvalue weighted by molar-refractivity contribution is 6.32. The van der Waals surface area contributed by atoms with Crippen LogP contribution in [0.1, 0.15) is 36.8 Å². The number of aliphatic hydroxyl groups excluding tert-OH is 1. The first kappa shape index (κ1) is 22.4. The minimum atomic E-state index is -1.11. The maximum absolute atomic E-state index is 15.3. The Labute approximate surface area is 206 Å². The molecule has 2 aromatic heterocycles. The summed E-state index contributed by atoms with van der Waals surface area (Å²) in [5.74, 6) is 0.0464. The summed E-state index contributed by atoms with van der Waals surface area (Å²) in [6, 6.07) is 3.88. The van der Waals surface area contributed by atoms with E-state index in [4.69, 9.17) is 27.9 Å². The molecule has 2 N–H and O–H groups in total. The average molecular weight is 507 g/mol. The highest BCUT2D eigenvalue weighted by Crippen LogP contribution is 2.40. The van der Waals surface area contributed by atoms with Crippen molar-refractivity contribution < 1.29 is 14.2 Å². The number of alkyl halides is 1. The van der Waals surface area contributed by atoms with Crippen molar-refractivity contribution >= 4 is 45.7 Å². The van der Waals surface area contributed by atoms with Crippen LogP contribution in [-0.2, 0) is 4.74 Å². The molecule has 6 rings (SSSR count). The van der Waals surface area contributed by atoms with E-state index in [9.17, 15) is 5.11 Å². The largest absolute Gasteiger partial charge is 0.389 e. The quantitative estimate of drug-likeness (QED) is 0.538. The molecule has 2 saturated heterocycles. The van der Waals surface area contributed by atoms with Crippen molar-refractivity contribution in [2.75, 3.05) is 31.6 Å². The molecule has 8 nitrogen and oxygen atoms in total. The third-order valence-electron chi connectivity index (χ3n) is 7.03. The summed E-state index contributed by atoms with van der Waals surface area (Å²) in [6.07, 6.45) is 4.46. The second kappa shape index (κ2) is 8.87. The van der Waals surface area contributed by atoms with E-state index < -0.39 is 12.3 Å². The van der Waals surface area contributed by atoms with Gasteiger partial charge in [0.1, 0.15) is 6.17 Å². The molecule has 3 aromatic rings. The van der Waals surface area contributed by atoms with Gasteiger partial charge in [0.15, 0.2) is 5.15 Å². The topological polar surface area (TPSA) is 88.3 Å². The Morgan fingerprint density at radius 2 is 2.00 bits per heavy atom. The highest BCUT2D eigenvalue weighted by atomic mass is 35.5. The molecule has 0 amide bonds. The fraction of sp³-hybridized carbons (Fsp3) is 0.522. The number of halogens is 3. The number of likely N-dealkylation sites (tertiary alicyclic amines) is 1. The monoisotopic (exact) mass is 506 g/mol. The fourth-order valence-electron chi connectivity index (χ4n) is 5.00. The smallest absolute Gasteiger partial charge is 0.227 e. The molecule has 34 heavy (non-hydrogen) atoms. The number of benzene rings is 1. The normalized spacial score (nSPS) is 28.0. The van der Waals surface area contributed by atoms with Gasteiger partial charge in [0, 0.05) is 29.1 Å². The zero-order chi connectivity index (χ0) is 23.4. The molecule has 11 heteroatoms. The molecule has 0 bridgehead atoms. The molecule has 3 fully saturated rings. The third-order valence-corrected chi connectivity index (χ3v) is 7.74. The summed E-state index contributed by atoms with van der Waals surface area (Å²) in [5.41, 5.74) is 2.07. The lowest BCUT2D eigenvalue weighted by Crippen LogP contribution is -2.50. The first-order chi connectivity index (χ1) is 16.5. The van der Waals surface area contributed by atoms with Crippen LogP contribution < -0.4 is 5.32 Å². The maximum Gasteiger partial charge on any atom is 0.227 e. The lowest BCUT2D eigenvalue weighted by Gasteiger charge is -2.39. The Morgan fingerprint density at radius 3 is 2.74 bits per heavy atom. The van der Waals surface area contributed by atoms with Crippen LogP contribution in [0.5, 0.6) is 0 Å². The summed E-state index contributed by atoms with van der Waals surface area (Å²) in [7, 11) is 0. The van der Waals surface area contributed by atoms with Gasteiger partial charge in [-0.25, -0.2) is 19.0 Å². The number of nitrogens with one attached hydrogen (secondary N) is 1. The van der Waals surface area contributed by atoms with Gasteiger partial charge < -0.3 is 15.2 Å². The van der Waals surface area contributed by atoms with Gasteiger partial charge in [-0.05, 0) is 43.5 Å². The van der Waals surface area contributed by atoms with Crippen molar-refractivity contribution in [2.24, 2.45) is 0 Å². The first-order valence-corrected chi connectivity index (χ1v) is 12.3. The molecule has 3 aliphatic rings. The van der Waals surface area contributed by atoms with Gasteiger partial charge in [-0.15, -0.1) is 0 Å². The van der Waals surface area contributed by atoms with Crippen LogP contribution in [0.4, 0.5) is 16.0 Å². The van der Waals surface area contributed by atoms with Crippen molar-refractivity contribution in [3.05, 3.63) is 40.3 Å². The summed E-state index contributed by atoms with van der Waals surface area (Å²) in [4.78, 5) is 11.0. The molecule has 0 spiro atoms. The molecule has 4 atom stereocenters. The van der Waals surface area contributed by atoms with Gasteiger partial charge in [0.25, 0.3) is 0 Å². The molecular formula is C23H25Cl2FN6O2. The molecule has 2 aliphatic heterocycles. The van der Waals surface area contributed by atoms with E-state index in [1.165, 1.54) is 0 Å². The number of aromatic nitrogens is 4. The van der Waals surface area contributed by atoms with Crippen molar-refractivity contribution in [3.63, 3.8) is 0 Å². The molecule has 1 saturated carbocycles. The molecule has 1 unspecified atom stereocenters. The van der Waals surface area contributed by atoms with E-state index in [1.54, 1.807) is 18.5 Å². The van der Waals surface area contributed by atoms with E-state index in [0.717, 1.165) is 23.8 Å². The van der Waals surface area contributed by atoms with Crippen molar-refractivity contribution in [1.82, 2.24) is 24.6 Å². The van der Waals surface area contributed by atoms with E-state index in [-0.39, 0.29) is 18.5 Å². The Kier molecular flexibility index (Phi) is 5.85. The van der Waals surface area contributed by atoms with Gasteiger partial charge in [0.2, 0.25) is 5.95 Å². The predicted molar refractivity (Wildman–Crippen MR) is 128 cm³/mol. The van der Waals surface area contributed by atoms with Gasteiger partial charge in [0.05, 0.1) is 48.8 Å². The third kappa shape index (κ3) is 4.13. The number of rotatable bonds is 5. The Bertz CT molecular complexity index is 1220. The zero-order valence-electron chi connectivity index (χ0n) is 18.4. The number of anilines is 2. The van der Waals surface area contributed by atoms with Gasteiger partial charge >= 0.3 is 0 Å². The molecule has 0 radical (unpaired) electrons. The molecule has 1 aromatic carbocycles. The van der Waals surface area contributed by atoms with Gasteiger partial charge in [-0.1, -0.05) is 23.2 Å². The number of aliphatic hydroxyl groups is 1. The van der Waals surface area contributed by atoms with Crippen LogP contribution in [0, 0.1) is 0 Å². The number of hydrogen-bond donors (Lipinski definition) is 2. The summed E-state index contributed by atoms with van der Waals surface area (Å²) in [6.45, 7) is 1.65. The minimum Gasteiger partial charge on any atom is -0.389 e.